The predicted octanol–water partition coefficient (Wildman–Crippen LogP) is 5.85. The Morgan fingerprint density at radius 1 is 1.22 bits per heavy atom. The van der Waals surface area contributed by atoms with Gasteiger partial charge in [-0.25, -0.2) is 13.8 Å². The Kier molecular flexibility index (Phi) is 8.49. The van der Waals surface area contributed by atoms with Crippen molar-refractivity contribution < 1.29 is 28.2 Å². The summed E-state index contributed by atoms with van der Waals surface area (Å²) in [6.45, 7) is 10.3. The lowest BCUT2D eigenvalue weighted by Crippen LogP contribution is -2.39. The van der Waals surface area contributed by atoms with Crippen LogP contribution in [0, 0.1) is 11.6 Å². The molecule has 5 aromatic rings. The lowest BCUT2D eigenvalue weighted by atomic mass is 9.97. The predicted molar refractivity (Wildman–Crippen MR) is 171 cm³/mol. The van der Waals surface area contributed by atoms with Crippen molar-refractivity contribution in [2.24, 2.45) is 0 Å². The maximum absolute atomic E-state index is 16.0. The molecule has 1 aliphatic heterocycles. The first-order chi connectivity index (χ1) is 22.0. The zero-order valence-electron chi connectivity index (χ0n) is 26.0. The highest BCUT2D eigenvalue weighted by atomic mass is 32.1. The van der Waals surface area contributed by atoms with Gasteiger partial charge < -0.3 is 19.5 Å². The van der Waals surface area contributed by atoms with E-state index in [1.165, 1.54) is 24.5 Å². The lowest BCUT2D eigenvalue weighted by molar-refractivity contribution is -0.127. The van der Waals surface area contributed by atoms with Crippen LogP contribution in [-0.2, 0) is 22.6 Å². The summed E-state index contributed by atoms with van der Waals surface area (Å²) in [5.41, 5.74) is 2.34. The molecule has 46 heavy (non-hydrogen) atoms. The number of pyridine rings is 1. The van der Waals surface area contributed by atoms with Gasteiger partial charge in [-0.3, -0.25) is 14.2 Å². The van der Waals surface area contributed by atoms with Gasteiger partial charge in [-0.1, -0.05) is 6.58 Å². The van der Waals surface area contributed by atoms with Gasteiger partial charge in [-0.15, -0.1) is 11.3 Å². The number of carbonyl (C=O) groups excluding carboxylic acids is 1. The molecule has 0 saturated heterocycles. The minimum absolute atomic E-state index is 0.0122. The first-order valence-corrected chi connectivity index (χ1v) is 15.6. The number of halogens is 2. The minimum atomic E-state index is -0.990. The average Bonchev–Trinajstić information content (AvgIpc) is 3.76. The van der Waals surface area contributed by atoms with Crippen molar-refractivity contribution in [3.05, 3.63) is 72.0 Å². The number of amides is 1. The van der Waals surface area contributed by atoms with E-state index in [-0.39, 0.29) is 43.0 Å². The number of hydrogen-bond acceptors (Lipinski definition) is 8. The third-order valence-corrected chi connectivity index (χ3v) is 8.61. The monoisotopic (exact) mass is 648 g/mol. The maximum Gasteiger partial charge on any atom is 0.246 e. The van der Waals surface area contributed by atoms with Gasteiger partial charge >= 0.3 is 0 Å². The van der Waals surface area contributed by atoms with Gasteiger partial charge in [0.2, 0.25) is 5.91 Å². The van der Waals surface area contributed by atoms with Crippen molar-refractivity contribution >= 4 is 27.3 Å². The van der Waals surface area contributed by atoms with Gasteiger partial charge in [0.15, 0.2) is 0 Å². The Labute approximate surface area is 268 Å². The zero-order chi connectivity index (χ0) is 32.7. The number of thiophene rings is 1. The maximum atomic E-state index is 16.0. The molecule has 1 amide bonds. The highest BCUT2D eigenvalue weighted by molar-refractivity contribution is 7.18. The number of nitrogens with zero attached hydrogens (tertiary/aromatic N) is 6. The van der Waals surface area contributed by atoms with Crippen LogP contribution in [0.4, 0.5) is 8.78 Å². The van der Waals surface area contributed by atoms with Crippen molar-refractivity contribution in [1.29, 1.82) is 0 Å². The van der Waals surface area contributed by atoms with Crippen LogP contribution in [0.15, 0.2) is 54.7 Å². The number of fused-ring (bicyclic) bond motifs is 2. The lowest BCUT2D eigenvalue weighted by Gasteiger charge is -2.31. The number of carbonyl (C=O) groups is 1. The largest absolute Gasteiger partial charge is 0.490 e. The molecule has 0 unspecified atom stereocenters. The van der Waals surface area contributed by atoms with Gasteiger partial charge in [0, 0.05) is 53.2 Å². The molecule has 0 saturated carbocycles. The third kappa shape index (κ3) is 6.05. The Balaban J connectivity index is 1.60. The summed E-state index contributed by atoms with van der Waals surface area (Å²) >= 11 is 1.39. The molecule has 0 bridgehead atoms. The van der Waals surface area contributed by atoms with Gasteiger partial charge in [0.25, 0.3) is 0 Å². The highest BCUT2D eigenvalue weighted by Crippen LogP contribution is 2.47. The van der Waals surface area contributed by atoms with Crippen molar-refractivity contribution in [2.45, 2.75) is 45.5 Å². The molecule has 10 nitrogen and oxygen atoms in total. The van der Waals surface area contributed by atoms with Crippen molar-refractivity contribution in [1.82, 2.24) is 29.4 Å². The highest BCUT2D eigenvalue weighted by Gasteiger charge is 2.30. The summed E-state index contributed by atoms with van der Waals surface area (Å²) in [6, 6.07) is 5.58. The number of aliphatic hydroxyl groups is 1. The summed E-state index contributed by atoms with van der Waals surface area (Å²) in [4.78, 5) is 19.3. The van der Waals surface area contributed by atoms with Crippen molar-refractivity contribution in [2.75, 3.05) is 26.9 Å². The number of ether oxygens (including phenoxy) is 2. The van der Waals surface area contributed by atoms with Gasteiger partial charge in [-0.2, -0.15) is 10.2 Å². The van der Waals surface area contributed by atoms with Crippen LogP contribution in [0.5, 0.6) is 5.75 Å². The number of aromatic nitrogens is 5. The second-order valence-electron chi connectivity index (χ2n) is 11.9. The third-order valence-electron chi connectivity index (χ3n) is 7.67. The van der Waals surface area contributed by atoms with Crippen LogP contribution in [0.25, 0.3) is 43.9 Å². The molecule has 1 aliphatic rings. The normalized spacial score (nSPS) is 14.9. The number of methoxy groups -OCH3 is 1. The average molecular weight is 649 g/mol. The van der Waals surface area contributed by atoms with Crippen LogP contribution in [0.1, 0.15) is 32.5 Å². The van der Waals surface area contributed by atoms with Gasteiger partial charge in [-0.05, 0) is 44.4 Å². The summed E-state index contributed by atoms with van der Waals surface area (Å²) in [6.07, 6.45) is 4.76. The molecular weight excluding hydrogens is 614 g/mol. The van der Waals surface area contributed by atoms with E-state index in [2.05, 4.69) is 11.7 Å². The van der Waals surface area contributed by atoms with Crippen LogP contribution >= 0.6 is 11.3 Å². The summed E-state index contributed by atoms with van der Waals surface area (Å²) < 4.78 is 45.8. The van der Waals surface area contributed by atoms with E-state index in [4.69, 9.17) is 19.6 Å². The second kappa shape index (κ2) is 12.4. The van der Waals surface area contributed by atoms with Gasteiger partial charge in [0.05, 0.1) is 54.5 Å². The SMILES string of the molecule is C=CC(=O)N1Cc2cc(-c3nc(-c4cnn(CC(C)(C)O)c4)c4ccsc4c3-c3c(F)cc(F)cc3OCCOC)nn2[C@@H](C)C1. The smallest absolute Gasteiger partial charge is 0.246 e. The molecule has 0 fully saturated rings. The van der Waals surface area contributed by atoms with Gasteiger partial charge in [0.1, 0.15) is 35.4 Å². The van der Waals surface area contributed by atoms with E-state index >= 15 is 4.39 Å². The molecule has 0 radical (unpaired) electrons. The molecule has 13 heteroatoms. The van der Waals surface area contributed by atoms with E-state index in [0.29, 0.717) is 46.0 Å². The molecule has 0 aliphatic carbocycles. The molecule has 4 aromatic heterocycles. The standard InChI is InChI=1S/C33H34F2N6O4S/c1-6-27(42)39-15-19(2)41-22(17-39)13-25(38-41)31-29(28-24(35)11-21(34)12-26(28)45-9-8-44-5)32-23(7-10-46-32)30(37-31)20-14-36-40(16-20)18-33(3,4)43/h6-7,10-14,16,19,43H,1,8-9,15,17-18H2,2-5H3/t19-/m0/s1. The number of hydrogen-bond donors (Lipinski definition) is 1. The fraction of sp³-hybridized carbons (Fsp3) is 0.333. The molecule has 240 valence electrons. The molecule has 1 atom stereocenters. The zero-order valence-corrected chi connectivity index (χ0v) is 26.8. The fourth-order valence-electron chi connectivity index (χ4n) is 5.77. The van der Waals surface area contributed by atoms with Crippen LogP contribution in [0.3, 0.4) is 0 Å². The topological polar surface area (TPSA) is 108 Å². The molecule has 5 heterocycles. The summed E-state index contributed by atoms with van der Waals surface area (Å²) in [5.74, 6) is -1.76. The molecular formula is C33H34F2N6O4S. The summed E-state index contributed by atoms with van der Waals surface area (Å²) in [7, 11) is 1.52. The van der Waals surface area contributed by atoms with E-state index in [0.717, 1.165) is 23.2 Å². The molecule has 1 aromatic carbocycles. The molecule has 0 spiro atoms. The van der Waals surface area contributed by atoms with Crippen molar-refractivity contribution in [3.8, 4) is 39.5 Å². The van der Waals surface area contributed by atoms with Crippen LogP contribution in [-0.4, -0.2) is 72.9 Å². The minimum Gasteiger partial charge on any atom is -0.490 e. The Hall–Kier alpha value is -4.46. The van der Waals surface area contributed by atoms with Crippen LogP contribution < -0.4 is 4.74 Å². The van der Waals surface area contributed by atoms with Crippen molar-refractivity contribution in [3.63, 3.8) is 0 Å². The fourth-order valence-corrected chi connectivity index (χ4v) is 6.72. The Bertz CT molecular complexity index is 1940. The molecule has 6 rings (SSSR count). The Morgan fingerprint density at radius 2 is 2.02 bits per heavy atom. The van der Waals surface area contributed by atoms with E-state index in [9.17, 15) is 14.3 Å². The first-order valence-electron chi connectivity index (χ1n) is 14.7. The molecule has 1 N–H and O–H groups in total. The summed E-state index contributed by atoms with van der Waals surface area (Å²) in [5, 5.41) is 22.4. The van der Waals surface area contributed by atoms with E-state index in [1.807, 2.05) is 29.1 Å². The number of benzene rings is 1. The van der Waals surface area contributed by atoms with E-state index in [1.54, 1.807) is 35.8 Å². The quantitative estimate of drug-likeness (QED) is 0.150. The van der Waals surface area contributed by atoms with E-state index < -0.39 is 17.2 Å². The first kappa shape index (κ1) is 31.5. The van der Waals surface area contributed by atoms with Crippen LogP contribution in [0.2, 0.25) is 0 Å². The number of rotatable bonds is 10. The Morgan fingerprint density at radius 3 is 2.76 bits per heavy atom. The second-order valence-corrected chi connectivity index (χ2v) is 12.8.